The van der Waals surface area contributed by atoms with Gasteiger partial charge < -0.3 is 9.47 Å². The van der Waals surface area contributed by atoms with E-state index in [2.05, 4.69) is 5.32 Å². The SMILES string of the molecule is COc1ccccc1C(=O)NC(=O)COC(=O)C1(c2ccccc2F)CCCC1. The fraction of sp³-hybridized carbons (Fsp3) is 0.318. The molecule has 0 saturated heterocycles. The van der Waals surface area contributed by atoms with E-state index in [1.54, 1.807) is 36.4 Å². The topological polar surface area (TPSA) is 81.7 Å². The molecule has 0 aliphatic heterocycles. The number of imide groups is 1. The average Bonchev–Trinajstić information content (AvgIpc) is 3.23. The van der Waals surface area contributed by atoms with Crippen molar-refractivity contribution >= 4 is 17.8 Å². The number of ether oxygens (including phenoxy) is 2. The highest BCUT2D eigenvalue weighted by atomic mass is 19.1. The average molecular weight is 399 g/mol. The van der Waals surface area contributed by atoms with Crippen molar-refractivity contribution in [2.75, 3.05) is 13.7 Å². The van der Waals surface area contributed by atoms with Crippen molar-refractivity contribution in [2.24, 2.45) is 0 Å². The molecule has 7 heteroatoms. The molecule has 6 nitrogen and oxygen atoms in total. The molecule has 1 fully saturated rings. The second-order valence-corrected chi connectivity index (χ2v) is 6.92. The number of halogens is 1. The van der Waals surface area contributed by atoms with Crippen molar-refractivity contribution in [3.8, 4) is 5.75 Å². The summed E-state index contributed by atoms with van der Waals surface area (Å²) in [6.45, 7) is -0.629. The van der Waals surface area contributed by atoms with Gasteiger partial charge in [-0.15, -0.1) is 0 Å². The molecule has 3 rings (SSSR count). The number of esters is 1. The number of methoxy groups -OCH3 is 1. The van der Waals surface area contributed by atoms with Crippen molar-refractivity contribution in [3.05, 3.63) is 65.5 Å². The van der Waals surface area contributed by atoms with Crippen LogP contribution in [0.15, 0.2) is 48.5 Å². The number of hydrogen-bond donors (Lipinski definition) is 1. The predicted octanol–water partition coefficient (Wildman–Crippen LogP) is 3.15. The van der Waals surface area contributed by atoms with Crippen LogP contribution >= 0.6 is 0 Å². The molecule has 0 unspecified atom stereocenters. The maximum absolute atomic E-state index is 14.3. The van der Waals surface area contributed by atoms with Crippen LogP contribution in [0, 0.1) is 5.82 Å². The van der Waals surface area contributed by atoms with Gasteiger partial charge in [0.25, 0.3) is 11.8 Å². The van der Waals surface area contributed by atoms with E-state index >= 15 is 0 Å². The zero-order valence-corrected chi connectivity index (χ0v) is 16.1. The molecular formula is C22H22FNO5. The van der Waals surface area contributed by atoms with Gasteiger partial charge in [0, 0.05) is 5.56 Å². The fourth-order valence-electron chi connectivity index (χ4n) is 3.74. The quantitative estimate of drug-likeness (QED) is 0.755. The Balaban J connectivity index is 1.65. The molecule has 2 amide bonds. The number of carbonyl (C=O) groups is 3. The lowest BCUT2D eigenvalue weighted by Crippen LogP contribution is -2.39. The highest BCUT2D eigenvalue weighted by Gasteiger charge is 2.46. The Bertz CT molecular complexity index is 921. The van der Waals surface area contributed by atoms with Crippen molar-refractivity contribution < 1.29 is 28.2 Å². The van der Waals surface area contributed by atoms with Crippen LogP contribution in [-0.4, -0.2) is 31.5 Å². The second kappa shape index (κ2) is 8.86. The van der Waals surface area contributed by atoms with Crippen LogP contribution in [0.2, 0.25) is 0 Å². The summed E-state index contributed by atoms with van der Waals surface area (Å²) in [6, 6.07) is 12.6. The molecule has 1 N–H and O–H groups in total. The monoisotopic (exact) mass is 399 g/mol. The lowest BCUT2D eigenvalue weighted by Gasteiger charge is -2.27. The highest BCUT2D eigenvalue weighted by Crippen LogP contribution is 2.43. The summed E-state index contributed by atoms with van der Waals surface area (Å²) in [7, 11) is 1.42. The Morgan fingerprint density at radius 2 is 1.69 bits per heavy atom. The summed E-state index contributed by atoms with van der Waals surface area (Å²) < 4.78 is 24.6. The molecule has 0 spiro atoms. The van der Waals surface area contributed by atoms with Crippen molar-refractivity contribution in [1.29, 1.82) is 0 Å². The molecule has 0 bridgehead atoms. The van der Waals surface area contributed by atoms with E-state index in [1.165, 1.54) is 19.2 Å². The Kier molecular flexibility index (Phi) is 6.26. The molecule has 0 heterocycles. The number of amides is 2. The zero-order chi connectivity index (χ0) is 20.9. The van der Waals surface area contributed by atoms with Gasteiger partial charge in [0.05, 0.1) is 18.1 Å². The number of nitrogens with one attached hydrogen (secondary N) is 1. The number of para-hydroxylation sites is 1. The van der Waals surface area contributed by atoms with E-state index < -0.39 is 35.6 Å². The fourth-order valence-corrected chi connectivity index (χ4v) is 3.74. The van der Waals surface area contributed by atoms with Gasteiger partial charge in [0.2, 0.25) is 0 Å². The smallest absolute Gasteiger partial charge is 0.317 e. The minimum atomic E-state index is -1.10. The summed E-state index contributed by atoms with van der Waals surface area (Å²) in [5.41, 5.74) is -0.625. The van der Waals surface area contributed by atoms with Gasteiger partial charge in [-0.05, 0) is 31.0 Å². The van der Waals surface area contributed by atoms with Gasteiger partial charge in [-0.1, -0.05) is 43.2 Å². The molecule has 0 aromatic heterocycles. The number of carbonyl (C=O) groups excluding carboxylic acids is 3. The standard InChI is InChI=1S/C22H22FNO5/c1-28-18-11-5-2-8-15(18)20(26)24-19(25)14-29-21(27)22(12-6-7-13-22)16-9-3-4-10-17(16)23/h2-5,8-11H,6-7,12-14H2,1H3,(H,24,25,26). The third-order valence-electron chi connectivity index (χ3n) is 5.18. The summed E-state index contributed by atoms with van der Waals surface area (Å²) in [5.74, 6) is -2.23. The van der Waals surface area contributed by atoms with Gasteiger partial charge in [-0.3, -0.25) is 19.7 Å². The molecule has 29 heavy (non-hydrogen) atoms. The van der Waals surface area contributed by atoms with Crippen LogP contribution in [0.1, 0.15) is 41.6 Å². The van der Waals surface area contributed by atoms with E-state index in [1.807, 2.05) is 0 Å². The van der Waals surface area contributed by atoms with Crippen molar-refractivity contribution in [2.45, 2.75) is 31.1 Å². The second-order valence-electron chi connectivity index (χ2n) is 6.92. The Labute approximate surface area is 168 Å². The van der Waals surface area contributed by atoms with E-state index in [0.717, 1.165) is 12.8 Å². The maximum atomic E-state index is 14.3. The Morgan fingerprint density at radius 1 is 1.03 bits per heavy atom. The van der Waals surface area contributed by atoms with Crippen molar-refractivity contribution in [3.63, 3.8) is 0 Å². The Hall–Kier alpha value is -3.22. The Morgan fingerprint density at radius 3 is 2.38 bits per heavy atom. The highest BCUT2D eigenvalue weighted by molar-refractivity contribution is 6.06. The minimum absolute atomic E-state index is 0.188. The summed E-state index contributed by atoms with van der Waals surface area (Å²) in [5, 5.41) is 2.17. The van der Waals surface area contributed by atoms with Gasteiger partial charge >= 0.3 is 5.97 Å². The van der Waals surface area contributed by atoms with Crippen LogP contribution in [-0.2, 0) is 19.7 Å². The first-order chi connectivity index (χ1) is 14.0. The summed E-state index contributed by atoms with van der Waals surface area (Å²) in [6.07, 6.45) is 2.44. The third kappa shape index (κ3) is 4.29. The molecule has 0 atom stereocenters. The van der Waals surface area contributed by atoms with Crippen LogP contribution in [0.3, 0.4) is 0 Å². The van der Waals surface area contributed by atoms with Gasteiger partial charge in [-0.2, -0.15) is 0 Å². The molecule has 2 aromatic carbocycles. The number of benzene rings is 2. The van der Waals surface area contributed by atoms with Crippen LogP contribution in [0.4, 0.5) is 4.39 Å². The first kappa shape index (κ1) is 20.5. The van der Waals surface area contributed by atoms with Gasteiger partial charge in [-0.25, -0.2) is 4.39 Å². The van der Waals surface area contributed by atoms with Crippen LogP contribution in [0.25, 0.3) is 0 Å². The first-order valence-corrected chi connectivity index (χ1v) is 9.37. The van der Waals surface area contributed by atoms with Crippen LogP contribution < -0.4 is 10.1 Å². The summed E-state index contributed by atoms with van der Waals surface area (Å²) in [4.78, 5) is 37.2. The largest absolute Gasteiger partial charge is 0.496 e. The molecule has 1 aliphatic carbocycles. The number of rotatable bonds is 6. The zero-order valence-electron chi connectivity index (χ0n) is 16.1. The molecule has 152 valence electrons. The van der Waals surface area contributed by atoms with Gasteiger partial charge in [0.1, 0.15) is 11.6 Å². The van der Waals surface area contributed by atoms with E-state index in [4.69, 9.17) is 9.47 Å². The third-order valence-corrected chi connectivity index (χ3v) is 5.18. The minimum Gasteiger partial charge on any atom is -0.496 e. The normalized spacial score (nSPS) is 14.8. The molecule has 1 saturated carbocycles. The first-order valence-electron chi connectivity index (χ1n) is 9.37. The van der Waals surface area contributed by atoms with E-state index in [9.17, 15) is 18.8 Å². The van der Waals surface area contributed by atoms with E-state index in [0.29, 0.717) is 18.6 Å². The van der Waals surface area contributed by atoms with Crippen LogP contribution in [0.5, 0.6) is 5.75 Å². The van der Waals surface area contributed by atoms with Gasteiger partial charge in [0.15, 0.2) is 6.61 Å². The summed E-state index contributed by atoms with van der Waals surface area (Å²) >= 11 is 0. The number of hydrogen-bond acceptors (Lipinski definition) is 5. The predicted molar refractivity (Wildman–Crippen MR) is 103 cm³/mol. The van der Waals surface area contributed by atoms with E-state index in [-0.39, 0.29) is 11.1 Å². The maximum Gasteiger partial charge on any atom is 0.317 e. The molecule has 1 aliphatic rings. The molecule has 0 radical (unpaired) electrons. The lowest BCUT2D eigenvalue weighted by molar-refractivity contribution is -0.154. The molecular weight excluding hydrogens is 377 g/mol. The molecule has 2 aromatic rings. The lowest BCUT2D eigenvalue weighted by atomic mass is 9.78. The van der Waals surface area contributed by atoms with Crippen molar-refractivity contribution in [1.82, 2.24) is 5.32 Å².